The van der Waals surface area contributed by atoms with Crippen molar-refractivity contribution in [2.45, 2.75) is 9.92 Å². The third-order valence-corrected chi connectivity index (χ3v) is 3.33. The molecule has 1 heterocycles. The number of aromatic carboxylic acids is 1. The Hall–Kier alpha value is -1.59. The highest BCUT2D eigenvalue weighted by molar-refractivity contribution is 7.99. The van der Waals surface area contributed by atoms with Crippen LogP contribution in [0.4, 0.5) is 0 Å². The van der Waals surface area contributed by atoms with E-state index in [0.717, 1.165) is 4.90 Å². The first-order valence-corrected chi connectivity index (χ1v) is 5.83. The van der Waals surface area contributed by atoms with Crippen molar-refractivity contribution in [3.8, 4) is 0 Å². The predicted octanol–water partition coefficient (Wildman–Crippen LogP) is 2.98. The fraction of sp³-hybridized carbons (Fsp3) is 0. The lowest BCUT2D eigenvalue weighted by Gasteiger charge is -2.03. The standard InChI is InChI=1S/C11H7ClN2O2S/c12-9-5-13-6-14-10(9)17-8-3-1-2-7(4-8)11(15)16/h1-6H,(H,15,16). The Kier molecular flexibility index (Phi) is 3.61. The summed E-state index contributed by atoms with van der Waals surface area (Å²) >= 11 is 7.21. The van der Waals surface area contributed by atoms with Crippen molar-refractivity contribution >= 4 is 29.3 Å². The molecule has 1 N–H and O–H groups in total. The van der Waals surface area contributed by atoms with E-state index in [-0.39, 0.29) is 5.56 Å². The number of hydrogen-bond donors (Lipinski definition) is 1. The van der Waals surface area contributed by atoms with Gasteiger partial charge in [0.1, 0.15) is 11.4 Å². The zero-order valence-electron chi connectivity index (χ0n) is 8.50. The molecule has 0 aliphatic rings. The molecular weight excluding hydrogens is 260 g/mol. The second-order valence-electron chi connectivity index (χ2n) is 3.11. The molecule has 86 valence electrons. The first kappa shape index (κ1) is 11.9. The molecule has 17 heavy (non-hydrogen) atoms. The molecule has 1 aromatic carbocycles. The molecule has 0 aliphatic heterocycles. The van der Waals surface area contributed by atoms with E-state index < -0.39 is 5.97 Å². The van der Waals surface area contributed by atoms with E-state index in [0.29, 0.717) is 10.0 Å². The smallest absolute Gasteiger partial charge is 0.335 e. The number of rotatable bonds is 3. The molecule has 2 rings (SSSR count). The number of carbonyl (C=O) groups is 1. The van der Waals surface area contributed by atoms with Crippen molar-refractivity contribution in [1.29, 1.82) is 0 Å². The minimum absolute atomic E-state index is 0.236. The van der Waals surface area contributed by atoms with Gasteiger partial charge in [0.25, 0.3) is 0 Å². The maximum atomic E-state index is 10.8. The molecule has 4 nitrogen and oxygen atoms in total. The van der Waals surface area contributed by atoms with Gasteiger partial charge >= 0.3 is 5.97 Å². The van der Waals surface area contributed by atoms with E-state index in [2.05, 4.69) is 9.97 Å². The average molecular weight is 267 g/mol. The molecule has 0 saturated carbocycles. The topological polar surface area (TPSA) is 63.1 Å². The lowest BCUT2D eigenvalue weighted by atomic mass is 10.2. The average Bonchev–Trinajstić information content (AvgIpc) is 2.32. The molecule has 6 heteroatoms. The summed E-state index contributed by atoms with van der Waals surface area (Å²) in [7, 11) is 0. The predicted molar refractivity (Wildman–Crippen MR) is 64.6 cm³/mol. The minimum atomic E-state index is -0.957. The second-order valence-corrected chi connectivity index (χ2v) is 4.58. The fourth-order valence-electron chi connectivity index (χ4n) is 1.18. The van der Waals surface area contributed by atoms with Crippen LogP contribution in [0.15, 0.2) is 46.7 Å². The van der Waals surface area contributed by atoms with Gasteiger partial charge in [0.15, 0.2) is 0 Å². The van der Waals surface area contributed by atoms with Crippen molar-refractivity contribution in [2.24, 2.45) is 0 Å². The summed E-state index contributed by atoms with van der Waals surface area (Å²) in [6.45, 7) is 0. The number of benzene rings is 1. The van der Waals surface area contributed by atoms with E-state index >= 15 is 0 Å². The Labute approximate surface area is 107 Å². The van der Waals surface area contributed by atoms with E-state index in [1.807, 2.05) is 0 Å². The number of carboxylic acid groups (broad SMARTS) is 1. The summed E-state index contributed by atoms with van der Waals surface area (Å²) in [4.78, 5) is 19.4. The Bertz CT molecular complexity index is 563. The van der Waals surface area contributed by atoms with Gasteiger partial charge in [0.2, 0.25) is 0 Å². The van der Waals surface area contributed by atoms with Gasteiger partial charge in [0, 0.05) is 4.90 Å². The summed E-state index contributed by atoms with van der Waals surface area (Å²) in [5.41, 5.74) is 0.236. The normalized spacial score (nSPS) is 10.2. The molecule has 0 radical (unpaired) electrons. The highest BCUT2D eigenvalue weighted by Crippen LogP contribution is 2.30. The molecule has 0 saturated heterocycles. The largest absolute Gasteiger partial charge is 0.478 e. The van der Waals surface area contributed by atoms with Crippen LogP contribution >= 0.6 is 23.4 Å². The van der Waals surface area contributed by atoms with Gasteiger partial charge in [-0.15, -0.1) is 0 Å². The van der Waals surface area contributed by atoms with Crippen LogP contribution in [0.5, 0.6) is 0 Å². The summed E-state index contributed by atoms with van der Waals surface area (Å²) < 4.78 is 0. The zero-order valence-corrected chi connectivity index (χ0v) is 10.1. The quantitative estimate of drug-likeness (QED) is 0.866. The molecule has 0 unspecified atom stereocenters. The van der Waals surface area contributed by atoms with Crippen LogP contribution in [0.1, 0.15) is 10.4 Å². The van der Waals surface area contributed by atoms with Gasteiger partial charge in [-0.3, -0.25) is 0 Å². The van der Waals surface area contributed by atoms with E-state index in [4.69, 9.17) is 16.7 Å². The number of hydrogen-bond acceptors (Lipinski definition) is 4. The monoisotopic (exact) mass is 266 g/mol. The van der Waals surface area contributed by atoms with Crippen LogP contribution in [-0.4, -0.2) is 21.0 Å². The zero-order chi connectivity index (χ0) is 12.3. The van der Waals surface area contributed by atoms with Crippen molar-refractivity contribution in [2.75, 3.05) is 0 Å². The van der Waals surface area contributed by atoms with E-state index in [9.17, 15) is 4.79 Å². The summed E-state index contributed by atoms with van der Waals surface area (Å²) in [5.74, 6) is -0.957. The molecule has 1 aromatic heterocycles. The lowest BCUT2D eigenvalue weighted by Crippen LogP contribution is -1.95. The Morgan fingerprint density at radius 1 is 1.41 bits per heavy atom. The Morgan fingerprint density at radius 2 is 2.24 bits per heavy atom. The number of halogens is 1. The molecular formula is C11H7ClN2O2S. The highest BCUT2D eigenvalue weighted by Gasteiger charge is 2.07. The first-order valence-electron chi connectivity index (χ1n) is 4.63. The van der Waals surface area contributed by atoms with Crippen LogP contribution in [0, 0.1) is 0 Å². The summed E-state index contributed by atoms with van der Waals surface area (Å²) in [6.07, 6.45) is 2.90. The molecule has 0 aliphatic carbocycles. The fourth-order valence-corrected chi connectivity index (χ4v) is 2.21. The molecule has 0 atom stereocenters. The second kappa shape index (κ2) is 5.16. The molecule has 0 amide bonds. The van der Waals surface area contributed by atoms with Gasteiger partial charge in [-0.05, 0) is 18.2 Å². The van der Waals surface area contributed by atoms with Crippen molar-refractivity contribution in [1.82, 2.24) is 9.97 Å². The number of aromatic nitrogens is 2. The SMILES string of the molecule is O=C(O)c1cccc(Sc2ncncc2Cl)c1. The maximum absolute atomic E-state index is 10.8. The van der Waals surface area contributed by atoms with Crippen LogP contribution in [0.25, 0.3) is 0 Å². The number of nitrogens with zero attached hydrogens (tertiary/aromatic N) is 2. The Morgan fingerprint density at radius 3 is 2.94 bits per heavy atom. The number of carboxylic acids is 1. The maximum Gasteiger partial charge on any atom is 0.335 e. The molecule has 2 aromatic rings. The highest BCUT2D eigenvalue weighted by atomic mass is 35.5. The minimum Gasteiger partial charge on any atom is -0.478 e. The van der Waals surface area contributed by atoms with Crippen LogP contribution in [0.2, 0.25) is 5.02 Å². The van der Waals surface area contributed by atoms with Gasteiger partial charge in [-0.25, -0.2) is 14.8 Å². The van der Waals surface area contributed by atoms with E-state index in [1.54, 1.807) is 18.2 Å². The van der Waals surface area contributed by atoms with Crippen molar-refractivity contribution < 1.29 is 9.90 Å². The first-order chi connectivity index (χ1) is 8.16. The van der Waals surface area contributed by atoms with Gasteiger partial charge in [-0.1, -0.05) is 29.4 Å². The van der Waals surface area contributed by atoms with Gasteiger partial charge in [0.05, 0.1) is 16.8 Å². The van der Waals surface area contributed by atoms with Crippen LogP contribution in [0.3, 0.4) is 0 Å². The molecule has 0 spiro atoms. The third-order valence-electron chi connectivity index (χ3n) is 1.93. The lowest BCUT2D eigenvalue weighted by molar-refractivity contribution is 0.0696. The van der Waals surface area contributed by atoms with Crippen LogP contribution in [-0.2, 0) is 0 Å². The Balaban J connectivity index is 2.28. The summed E-state index contributed by atoms with van der Waals surface area (Å²) in [6, 6.07) is 6.59. The molecule has 0 fully saturated rings. The van der Waals surface area contributed by atoms with Crippen LogP contribution < -0.4 is 0 Å². The third kappa shape index (κ3) is 2.95. The van der Waals surface area contributed by atoms with Crippen molar-refractivity contribution in [3.63, 3.8) is 0 Å². The molecule has 0 bridgehead atoms. The van der Waals surface area contributed by atoms with E-state index in [1.165, 1.54) is 30.4 Å². The van der Waals surface area contributed by atoms with Gasteiger partial charge in [-0.2, -0.15) is 0 Å². The summed E-state index contributed by atoms with van der Waals surface area (Å²) in [5, 5.41) is 9.91. The van der Waals surface area contributed by atoms with Gasteiger partial charge < -0.3 is 5.11 Å². The van der Waals surface area contributed by atoms with Crippen molar-refractivity contribution in [3.05, 3.63) is 47.4 Å².